The molecule has 0 fully saturated rings. The van der Waals surface area contributed by atoms with Gasteiger partial charge in [-0.15, -0.1) is 10.6 Å². The second kappa shape index (κ2) is 8.14. The third-order valence-corrected chi connectivity index (χ3v) is 4.34. The molecule has 1 aliphatic heterocycles. The van der Waals surface area contributed by atoms with Gasteiger partial charge in [-0.3, -0.25) is 10.2 Å². The van der Waals surface area contributed by atoms with E-state index in [2.05, 4.69) is 44.5 Å². The maximum absolute atomic E-state index is 11.7. The molecule has 1 aromatic rings. The predicted octanol–water partition coefficient (Wildman–Crippen LogP) is 2.42. The van der Waals surface area contributed by atoms with Gasteiger partial charge in [-0.25, -0.2) is 5.53 Å². The van der Waals surface area contributed by atoms with E-state index in [0.29, 0.717) is 18.7 Å². The third-order valence-electron chi connectivity index (χ3n) is 3.81. The maximum Gasteiger partial charge on any atom is 0.307 e. The Labute approximate surface area is 138 Å². The highest BCUT2D eigenvalue weighted by molar-refractivity contribution is 9.10. The highest BCUT2D eigenvalue weighted by Crippen LogP contribution is 2.25. The van der Waals surface area contributed by atoms with Gasteiger partial charge < -0.3 is 5.11 Å². The van der Waals surface area contributed by atoms with Gasteiger partial charge in [0.25, 0.3) is 0 Å². The molecule has 0 saturated carbocycles. The van der Waals surface area contributed by atoms with E-state index in [1.807, 2.05) is 24.3 Å². The molecule has 1 heterocycles. The number of nitrogens with zero attached hydrogens (tertiary/aromatic N) is 1. The van der Waals surface area contributed by atoms with Crippen LogP contribution in [0.15, 0.2) is 33.8 Å². The molecule has 1 aliphatic rings. The molecule has 6 nitrogen and oxygen atoms in total. The number of carboxylic acids is 1. The number of hydrogen-bond acceptors (Lipinski definition) is 5. The lowest BCUT2D eigenvalue weighted by Gasteiger charge is -2.23. The van der Waals surface area contributed by atoms with Crippen molar-refractivity contribution in [3.63, 3.8) is 0 Å². The summed E-state index contributed by atoms with van der Waals surface area (Å²) in [5.41, 5.74) is 9.32. The average molecular weight is 369 g/mol. The highest BCUT2D eigenvalue weighted by Gasteiger charge is 2.33. The normalized spacial score (nSPS) is 16.4. The second-order valence-electron chi connectivity index (χ2n) is 5.38. The Kier molecular flexibility index (Phi) is 6.21. The van der Waals surface area contributed by atoms with Gasteiger partial charge in [-0.05, 0) is 30.5 Å². The summed E-state index contributed by atoms with van der Waals surface area (Å²) >= 11 is 3.41. The van der Waals surface area contributed by atoms with Gasteiger partial charge in [0.1, 0.15) is 5.84 Å². The Balaban J connectivity index is 2.20. The van der Waals surface area contributed by atoms with Gasteiger partial charge in [-0.1, -0.05) is 47.8 Å². The summed E-state index contributed by atoms with van der Waals surface area (Å²) < 4.78 is 1.01. The van der Waals surface area contributed by atoms with E-state index in [4.69, 9.17) is 0 Å². The molecule has 22 heavy (non-hydrogen) atoms. The Morgan fingerprint density at radius 2 is 2.09 bits per heavy atom. The molecular weight excluding hydrogens is 348 g/mol. The minimum Gasteiger partial charge on any atom is -0.481 e. The topological polar surface area (TPSA) is 85.8 Å². The van der Waals surface area contributed by atoms with E-state index >= 15 is 0 Å². The van der Waals surface area contributed by atoms with Crippen molar-refractivity contribution in [2.24, 2.45) is 16.9 Å². The smallest absolute Gasteiger partial charge is 0.307 e. The molecule has 0 aliphatic carbocycles. The first-order valence-corrected chi connectivity index (χ1v) is 8.22. The molecule has 0 amide bonds. The summed E-state index contributed by atoms with van der Waals surface area (Å²) in [6.07, 6.45) is 3.14. The number of carboxylic acid groups (broad SMARTS) is 1. The number of aliphatic carboxylic acids is 1. The molecule has 4 N–H and O–H groups in total. The SMILES string of the molecule is CCCC[C@@H](C(=O)O)[C@@H](Cc1ccc(Br)cc1)C1=NNNN1. The van der Waals surface area contributed by atoms with Crippen molar-refractivity contribution < 1.29 is 9.90 Å². The fourth-order valence-corrected chi connectivity index (χ4v) is 2.87. The number of unbranched alkanes of at least 4 members (excludes halogenated alkanes) is 1. The molecular formula is C15H21BrN4O2. The number of hydrazone groups is 1. The first-order valence-electron chi connectivity index (χ1n) is 7.42. The number of halogens is 1. The molecule has 0 saturated heterocycles. The highest BCUT2D eigenvalue weighted by atomic mass is 79.9. The maximum atomic E-state index is 11.7. The van der Waals surface area contributed by atoms with Gasteiger partial charge in [0, 0.05) is 10.4 Å². The van der Waals surface area contributed by atoms with Crippen molar-refractivity contribution in [3.8, 4) is 0 Å². The quantitative estimate of drug-likeness (QED) is 0.566. The monoisotopic (exact) mass is 368 g/mol. The number of benzene rings is 1. The van der Waals surface area contributed by atoms with E-state index in [9.17, 15) is 9.90 Å². The summed E-state index contributed by atoms with van der Waals surface area (Å²) in [6, 6.07) is 7.95. The van der Waals surface area contributed by atoms with Crippen LogP contribution in [0.25, 0.3) is 0 Å². The molecule has 0 unspecified atom stereocenters. The van der Waals surface area contributed by atoms with Crippen molar-refractivity contribution >= 4 is 27.7 Å². The lowest BCUT2D eigenvalue weighted by atomic mass is 9.82. The van der Waals surface area contributed by atoms with Crippen LogP contribution in [0.5, 0.6) is 0 Å². The van der Waals surface area contributed by atoms with Gasteiger partial charge >= 0.3 is 5.97 Å². The van der Waals surface area contributed by atoms with Crippen LogP contribution in [0.1, 0.15) is 31.7 Å². The van der Waals surface area contributed by atoms with Crippen LogP contribution in [-0.4, -0.2) is 16.9 Å². The zero-order chi connectivity index (χ0) is 15.9. The van der Waals surface area contributed by atoms with Crippen molar-refractivity contribution in [1.29, 1.82) is 0 Å². The summed E-state index contributed by atoms with van der Waals surface area (Å²) in [7, 11) is 0. The molecule has 0 aromatic heterocycles. The largest absolute Gasteiger partial charge is 0.481 e. The van der Waals surface area contributed by atoms with Gasteiger partial charge in [0.2, 0.25) is 0 Å². The lowest BCUT2D eigenvalue weighted by Crippen LogP contribution is -2.42. The van der Waals surface area contributed by atoms with E-state index < -0.39 is 11.9 Å². The van der Waals surface area contributed by atoms with Crippen LogP contribution in [-0.2, 0) is 11.2 Å². The van der Waals surface area contributed by atoms with Crippen LogP contribution in [0.2, 0.25) is 0 Å². The van der Waals surface area contributed by atoms with Gasteiger partial charge in [0.05, 0.1) is 5.92 Å². The Morgan fingerprint density at radius 3 is 2.64 bits per heavy atom. The summed E-state index contributed by atoms with van der Waals surface area (Å²) in [5, 5.41) is 13.8. The van der Waals surface area contributed by atoms with E-state index in [1.54, 1.807) is 0 Å². The van der Waals surface area contributed by atoms with Crippen molar-refractivity contribution in [1.82, 2.24) is 16.5 Å². The molecule has 1 aromatic carbocycles. The molecule has 2 rings (SSSR count). The van der Waals surface area contributed by atoms with Crippen LogP contribution in [0, 0.1) is 11.8 Å². The van der Waals surface area contributed by atoms with Crippen LogP contribution in [0.3, 0.4) is 0 Å². The van der Waals surface area contributed by atoms with Crippen LogP contribution < -0.4 is 16.5 Å². The third kappa shape index (κ3) is 4.45. The molecule has 0 radical (unpaired) electrons. The summed E-state index contributed by atoms with van der Waals surface area (Å²) in [4.78, 5) is 11.7. The van der Waals surface area contributed by atoms with Crippen molar-refractivity contribution in [2.75, 3.05) is 0 Å². The van der Waals surface area contributed by atoms with Crippen molar-refractivity contribution in [2.45, 2.75) is 32.6 Å². The fourth-order valence-electron chi connectivity index (χ4n) is 2.61. The van der Waals surface area contributed by atoms with Crippen molar-refractivity contribution in [3.05, 3.63) is 34.3 Å². The Bertz CT molecular complexity index is 533. The van der Waals surface area contributed by atoms with Gasteiger partial charge in [0.15, 0.2) is 0 Å². The molecule has 120 valence electrons. The van der Waals surface area contributed by atoms with E-state index in [-0.39, 0.29) is 5.92 Å². The molecule has 2 atom stereocenters. The number of rotatable bonds is 8. The van der Waals surface area contributed by atoms with E-state index in [0.717, 1.165) is 22.9 Å². The Hall–Kier alpha value is -1.60. The van der Waals surface area contributed by atoms with E-state index in [1.165, 1.54) is 0 Å². The summed E-state index contributed by atoms with van der Waals surface area (Å²) in [5.74, 6) is -0.789. The fraction of sp³-hybridized carbons (Fsp3) is 0.467. The molecule has 0 bridgehead atoms. The average Bonchev–Trinajstić information content (AvgIpc) is 3.02. The lowest BCUT2D eigenvalue weighted by molar-refractivity contribution is -0.143. The first kappa shape index (κ1) is 16.8. The van der Waals surface area contributed by atoms with Crippen LogP contribution >= 0.6 is 15.9 Å². The number of amidine groups is 1. The second-order valence-corrected chi connectivity index (χ2v) is 6.30. The molecule has 0 spiro atoms. The number of hydrogen-bond donors (Lipinski definition) is 4. The summed E-state index contributed by atoms with van der Waals surface area (Å²) in [6.45, 7) is 2.07. The minimum absolute atomic E-state index is 0.201. The number of carbonyl (C=O) groups is 1. The minimum atomic E-state index is -0.771. The molecule has 7 heteroatoms. The zero-order valence-electron chi connectivity index (χ0n) is 12.5. The zero-order valence-corrected chi connectivity index (χ0v) is 14.1. The standard InChI is InChI=1S/C15H21BrN4O2/c1-2-3-4-12(15(21)22)13(14-17-19-20-18-14)9-10-5-7-11(16)8-6-10/h5-8,12-13,19-20H,2-4,9H2,1H3,(H,17,18)(H,21,22)/t12-,13-/m1/s1. The predicted molar refractivity (Wildman–Crippen MR) is 88.8 cm³/mol. The van der Waals surface area contributed by atoms with Gasteiger partial charge in [-0.2, -0.15) is 0 Å². The number of hydrazine groups is 2. The Morgan fingerprint density at radius 1 is 1.36 bits per heavy atom. The number of nitrogens with one attached hydrogen (secondary N) is 3. The van der Waals surface area contributed by atoms with Crippen LogP contribution in [0.4, 0.5) is 0 Å². The first-order chi connectivity index (χ1) is 10.6.